The van der Waals surface area contributed by atoms with Crippen LogP contribution in [0.5, 0.6) is 0 Å². The van der Waals surface area contributed by atoms with Gasteiger partial charge in [-0.3, -0.25) is 0 Å². The highest BCUT2D eigenvalue weighted by Crippen LogP contribution is 2.29. The fourth-order valence-electron chi connectivity index (χ4n) is 0.716. The van der Waals surface area contributed by atoms with Gasteiger partial charge in [0.25, 0.3) is 0 Å². The van der Waals surface area contributed by atoms with Crippen LogP contribution in [0.15, 0.2) is 0 Å². The van der Waals surface area contributed by atoms with Crippen molar-refractivity contribution in [2.75, 3.05) is 13.3 Å². The average Bonchev–Trinajstić information content (AvgIpc) is 2.17. The second-order valence-electron chi connectivity index (χ2n) is 2.84. The predicted octanol–water partition coefficient (Wildman–Crippen LogP) is 3.09. The summed E-state index contributed by atoms with van der Waals surface area (Å²) >= 11 is 0. The predicted molar refractivity (Wildman–Crippen MR) is 41.3 cm³/mol. The summed E-state index contributed by atoms with van der Waals surface area (Å²) in [6.45, 7) is -0.355. The van der Waals surface area contributed by atoms with Crippen molar-refractivity contribution in [3.05, 3.63) is 0 Å². The van der Waals surface area contributed by atoms with Gasteiger partial charge < -0.3 is 4.74 Å². The Morgan fingerprint density at radius 2 is 1.23 bits per heavy atom. The van der Waals surface area contributed by atoms with Crippen LogP contribution in [0.3, 0.4) is 0 Å². The molecule has 0 saturated carbocycles. The molecule has 5 heteroatoms. The lowest BCUT2D eigenvalue weighted by Crippen LogP contribution is -2.41. The van der Waals surface area contributed by atoms with Gasteiger partial charge in [-0.15, -0.1) is 0 Å². The van der Waals surface area contributed by atoms with Gasteiger partial charge in [0.15, 0.2) is 0 Å². The summed E-state index contributed by atoms with van der Waals surface area (Å²) in [6.07, 6.45) is -0.704. The van der Waals surface area contributed by atoms with Crippen molar-refractivity contribution < 1.29 is 22.3 Å². The summed E-state index contributed by atoms with van der Waals surface area (Å²) in [7, 11) is 0. The van der Waals surface area contributed by atoms with Crippen LogP contribution >= 0.6 is 0 Å². The zero-order valence-electron chi connectivity index (χ0n) is 7.75. The number of halogens is 4. The van der Waals surface area contributed by atoms with Crippen LogP contribution in [0.4, 0.5) is 17.6 Å². The minimum Gasteiger partial charge on any atom is -0.304 e. The Morgan fingerprint density at radius 3 is 1.38 bits per heavy atom. The third-order valence-corrected chi connectivity index (χ3v) is 1.82. The summed E-state index contributed by atoms with van der Waals surface area (Å²) in [5.74, 6) is -5.42. The summed E-state index contributed by atoms with van der Waals surface area (Å²) in [5, 5.41) is 0. The van der Waals surface area contributed by atoms with Gasteiger partial charge in [0.2, 0.25) is 11.7 Å². The topological polar surface area (TPSA) is 9.23 Å². The molecule has 0 aliphatic heterocycles. The molecule has 0 spiro atoms. The Morgan fingerprint density at radius 1 is 0.923 bits per heavy atom. The van der Waals surface area contributed by atoms with Crippen LogP contribution in [-0.2, 0) is 4.74 Å². The van der Waals surface area contributed by atoms with E-state index in [1.54, 1.807) is 0 Å². The highest BCUT2D eigenvalue weighted by molar-refractivity contribution is 4.72. The molecule has 2 atom stereocenters. The minimum atomic E-state index is -2.71. The zero-order chi connectivity index (χ0) is 10.5. The molecule has 0 N–H and O–H groups in total. The highest BCUT2D eigenvalue weighted by atomic mass is 19.2. The van der Waals surface area contributed by atoms with Gasteiger partial charge in [0, 0.05) is 12.8 Å². The summed E-state index contributed by atoms with van der Waals surface area (Å²) in [4.78, 5) is 0. The molecule has 0 aliphatic rings. The second-order valence-corrected chi connectivity index (χ2v) is 2.84. The molecule has 0 fully saturated rings. The fourth-order valence-corrected chi connectivity index (χ4v) is 0.716. The van der Waals surface area contributed by atoms with E-state index in [2.05, 4.69) is 4.74 Å². The van der Waals surface area contributed by atoms with E-state index in [-0.39, 0.29) is 12.8 Å². The minimum absolute atomic E-state index is 0.352. The van der Waals surface area contributed by atoms with Crippen molar-refractivity contribution in [1.29, 1.82) is 0 Å². The van der Waals surface area contributed by atoms with Gasteiger partial charge in [0.05, 0.1) is 0 Å². The van der Waals surface area contributed by atoms with E-state index in [9.17, 15) is 17.6 Å². The molecule has 0 heterocycles. The van der Waals surface area contributed by atoms with Crippen LogP contribution in [0.2, 0.25) is 0 Å². The Bertz CT molecular complexity index is 127. The molecule has 0 aromatic heterocycles. The quantitative estimate of drug-likeness (QED) is 0.601. The average molecular weight is 202 g/mol. The monoisotopic (exact) mass is 202 g/mol. The van der Waals surface area contributed by atoms with E-state index in [1.807, 2.05) is 0 Å². The number of ether oxygens (including phenoxy) is 1. The SMILES string of the molecule is CCC(F)(CF)OC(F)(CC)CF. The molecule has 0 aliphatic carbocycles. The van der Waals surface area contributed by atoms with Gasteiger partial charge >= 0.3 is 0 Å². The molecular weight excluding hydrogens is 188 g/mol. The molecule has 1 nitrogen and oxygen atoms in total. The molecular formula is C8H14F4O. The number of rotatable bonds is 6. The van der Waals surface area contributed by atoms with Crippen molar-refractivity contribution >= 4 is 0 Å². The van der Waals surface area contributed by atoms with Crippen LogP contribution in [0.25, 0.3) is 0 Å². The molecule has 0 saturated heterocycles. The van der Waals surface area contributed by atoms with Gasteiger partial charge in [-0.05, 0) is 0 Å². The van der Waals surface area contributed by atoms with E-state index in [0.717, 1.165) is 0 Å². The standard InChI is InChI=1S/C8H14F4O/c1-3-7(11,5-9)13-8(12,4-2)6-10/h3-6H2,1-2H3. The lowest BCUT2D eigenvalue weighted by Gasteiger charge is -2.29. The second kappa shape index (κ2) is 4.79. The Hall–Kier alpha value is -0.320. The van der Waals surface area contributed by atoms with Crippen LogP contribution < -0.4 is 0 Å². The molecule has 0 radical (unpaired) electrons. The molecule has 13 heavy (non-hydrogen) atoms. The number of alkyl halides is 4. The Kier molecular flexibility index (Phi) is 4.67. The molecule has 0 rings (SSSR count). The molecule has 0 aromatic carbocycles. The van der Waals surface area contributed by atoms with Gasteiger partial charge in [-0.1, -0.05) is 13.8 Å². The maximum atomic E-state index is 13.1. The summed E-state index contributed by atoms with van der Waals surface area (Å²) in [5.41, 5.74) is 0. The first-order valence-corrected chi connectivity index (χ1v) is 4.15. The number of hydrogen-bond donors (Lipinski definition) is 0. The van der Waals surface area contributed by atoms with Crippen molar-refractivity contribution in [3.8, 4) is 0 Å². The van der Waals surface area contributed by atoms with Crippen molar-refractivity contribution in [3.63, 3.8) is 0 Å². The van der Waals surface area contributed by atoms with E-state index in [1.165, 1.54) is 13.8 Å². The fraction of sp³-hybridized carbons (Fsp3) is 1.00. The van der Waals surface area contributed by atoms with E-state index < -0.39 is 25.1 Å². The Labute approximate surface area is 75.1 Å². The Balaban J connectivity index is 4.36. The number of hydrogen-bond acceptors (Lipinski definition) is 1. The van der Waals surface area contributed by atoms with Crippen molar-refractivity contribution in [1.82, 2.24) is 0 Å². The van der Waals surface area contributed by atoms with Crippen molar-refractivity contribution in [2.45, 2.75) is 38.4 Å². The van der Waals surface area contributed by atoms with Crippen molar-refractivity contribution in [2.24, 2.45) is 0 Å². The molecule has 0 aromatic rings. The van der Waals surface area contributed by atoms with E-state index >= 15 is 0 Å². The zero-order valence-corrected chi connectivity index (χ0v) is 7.75. The van der Waals surface area contributed by atoms with Crippen LogP contribution in [0.1, 0.15) is 26.7 Å². The summed E-state index contributed by atoms with van der Waals surface area (Å²) < 4.78 is 54.5. The van der Waals surface area contributed by atoms with Gasteiger partial charge in [-0.2, -0.15) is 0 Å². The normalized spacial score (nSPS) is 20.8. The highest BCUT2D eigenvalue weighted by Gasteiger charge is 2.41. The first-order valence-electron chi connectivity index (χ1n) is 4.15. The first kappa shape index (κ1) is 12.7. The lowest BCUT2D eigenvalue weighted by molar-refractivity contribution is -0.285. The first-order chi connectivity index (χ1) is 5.95. The maximum Gasteiger partial charge on any atom is 0.240 e. The lowest BCUT2D eigenvalue weighted by atomic mass is 10.2. The van der Waals surface area contributed by atoms with Crippen LogP contribution in [-0.4, -0.2) is 25.1 Å². The largest absolute Gasteiger partial charge is 0.304 e. The third-order valence-electron chi connectivity index (χ3n) is 1.82. The third kappa shape index (κ3) is 3.50. The smallest absolute Gasteiger partial charge is 0.240 e. The molecule has 80 valence electrons. The summed E-state index contributed by atoms with van der Waals surface area (Å²) in [6, 6.07) is 0. The maximum absolute atomic E-state index is 13.1. The van der Waals surface area contributed by atoms with Gasteiger partial charge in [0.1, 0.15) is 13.3 Å². The van der Waals surface area contributed by atoms with E-state index in [4.69, 9.17) is 0 Å². The molecule has 0 bridgehead atoms. The van der Waals surface area contributed by atoms with E-state index in [0.29, 0.717) is 0 Å². The van der Waals surface area contributed by atoms with Crippen LogP contribution in [0, 0.1) is 0 Å². The molecule has 0 amide bonds. The van der Waals surface area contributed by atoms with Gasteiger partial charge in [-0.25, -0.2) is 17.6 Å². The molecule has 2 unspecified atom stereocenters.